The maximum atomic E-state index is 4.48. The van der Waals surface area contributed by atoms with Gasteiger partial charge in [-0.2, -0.15) is 0 Å². The number of aromatic nitrogens is 1. The normalized spacial score (nSPS) is 10.0. The average molecular weight is 227 g/mol. The third-order valence-electron chi connectivity index (χ3n) is 2.51. The zero-order valence-electron chi connectivity index (χ0n) is 10.2. The molecule has 0 saturated carbocycles. The molecule has 3 nitrogen and oxygen atoms in total. The van der Waals surface area contributed by atoms with Crippen LogP contribution in [0.2, 0.25) is 0 Å². The molecular weight excluding hydrogens is 210 g/mol. The monoisotopic (exact) mass is 227 g/mol. The zero-order valence-corrected chi connectivity index (χ0v) is 10.2. The number of nitrogens with one attached hydrogen (secondary N) is 2. The molecule has 0 bridgehead atoms. The number of hydrogen-bond donors (Lipinski definition) is 2. The van der Waals surface area contributed by atoms with Crippen molar-refractivity contribution in [2.24, 2.45) is 0 Å². The minimum Gasteiger partial charge on any atom is -0.370 e. The lowest BCUT2D eigenvalue weighted by atomic mass is 10.2. The van der Waals surface area contributed by atoms with Gasteiger partial charge in [-0.25, -0.2) is 4.98 Å². The van der Waals surface area contributed by atoms with Gasteiger partial charge in [0.2, 0.25) is 0 Å². The molecule has 1 heterocycles. The number of benzene rings is 1. The standard InChI is InChI=1S/C14H17N3/c1-3-15-13-9-6-10-14(17-13)16-12-8-5-4-7-11(12)2/h4-10H,3H2,1-2H3,(H2,15,16,17). The van der Waals surface area contributed by atoms with Crippen molar-refractivity contribution in [1.82, 2.24) is 4.98 Å². The van der Waals surface area contributed by atoms with Crippen molar-refractivity contribution >= 4 is 17.3 Å². The summed E-state index contributed by atoms with van der Waals surface area (Å²) in [4.78, 5) is 4.48. The molecule has 1 aromatic heterocycles. The van der Waals surface area contributed by atoms with Crippen molar-refractivity contribution in [3.63, 3.8) is 0 Å². The first kappa shape index (κ1) is 11.5. The topological polar surface area (TPSA) is 37.0 Å². The maximum absolute atomic E-state index is 4.48. The van der Waals surface area contributed by atoms with Gasteiger partial charge in [0.25, 0.3) is 0 Å². The smallest absolute Gasteiger partial charge is 0.132 e. The van der Waals surface area contributed by atoms with E-state index in [2.05, 4.69) is 41.6 Å². The Morgan fingerprint density at radius 3 is 2.53 bits per heavy atom. The highest BCUT2D eigenvalue weighted by Crippen LogP contribution is 2.19. The van der Waals surface area contributed by atoms with E-state index < -0.39 is 0 Å². The predicted octanol–water partition coefficient (Wildman–Crippen LogP) is 3.57. The first-order valence-corrected chi connectivity index (χ1v) is 5.83. The number of para-hydroxylation sites is 1. The van der Waals surface area contributed by atoms with Gasteiger partial charge in [-0.15, -0.1) is 0 Å². The fourth-order valence-electron chi connectivity index (χ4n) is 1.64. The van der Waals surface area contributed by atoms with Crippen molar-refractivity contribution in [1.29, 1.82) is 0 Å². The predicted molar refractivity (Wildman–Crippen MR) is 72.9 cm³/mol. The molecule has 0 aliphatic heterocycles. The molecule has 2 N–H and O–H groups in total. The number of nitrogens with zero attached hydrogens (tertiary/aromatic N) is 1. The Balaban J connectivity index is 2.18. The van der Waals surface area contributed by atoms with Gasteiger partial charge in [-0.3, -0.25) is 0 Å². The van der Waals surface area contributed by atoms with Crippen molar-refractivity contribution in [3.8, 4) is 0 Å². The molecule has 0 fully saturated rings. The molecule has 2 rings (SSSR count). The van der Waals surface area contributed by atoms with Crippen molar-refractivity contribution < 1.29 is 0 Å². The van der Waals surface area contributed by atoms with E-state index in [0.717, 1.165) is 23.9 Å². The second-order valence-corrected chi connectivity index (χ2v) is 3.88. The molecule has 0 saturated heterocycles. The van der Waals surface area contributed by atoms with Crippen molar-refractivity contribution in [3.05, 3.63) is 48.0 Å². The van der Waals surface area contributed by atoms with Gasteiger partial charge < -0.3 is 10.6 Å². The molecule has 0 radical (unpaired) electrons. The molecule has 3 heteroatoms. The summed E-state index contributed by atoms with van der Waals surface area (Å²) in [7, 11) is 0. The van der Waals surface area contributed by atoms with Crippen LogP contribution in [0.15, 0.2) is 42.5 Å². The number of anilines is 3. The molecule has 88 valence electrons. The van der Waals surface area contributed by atoms with E-state index >= 15 is 0 Å². The second kappa shape index (κ2) is 5.34. The van der Waals surface area contributed by atoms with E-state index in [4.69, 9.17) is 0 Å². The SMILES string of the molecule is CCNc1cccc(Nc2ccccc2C)n1. The van der Waals surface area contributed by atoms with Crippen LogP contribution in [0.4, 0.5) is 17.3 Å². The highest BCUT2D eigenvalue weighted by Gasteiger charge is 1.99. The van der Waals surface area contributed by atoms with Crippen molar-refractivity contribution in [2.45, 2.75) is 13.8 Å². The molecule has 0 aliphatic carbocycles. The maximum Gasteiger partial charge on any atom is 0.132 e. The van der Waals surface area contributed by atoms with Crippen molar-refractivity contribution in [2.75, 3.05) is 17.2 Å². The Bertz CT molecular complexity index is 494. The van der Waals surface area contributed by atoms with Crippen LogP contribution in [0, 0.1) is 6.92 Å². The summed E-state index contributed by atoms with van der Waals surface area (Å²) in [6.45, 7) is 5.01. The van der Waals surface area contributed by atoms with Gasteiger partial charge in [-0.05, 0) is 37.6 Å². The van der Waals surface area contributed by atoms with Gasteiger partial charge >= 0.3 is 0 Å². The fourth-order valence-corrected chi connectivity index (χ4v) is 1.64. The van der Waals surface area contributed by atoms with Crippen LogP contribution in [0.1, 0.15) is 12.5 Å². The molecule has 0 amide bonds. The summed E-state index contributed by atoms with van der Waals surface area (Å²) in [5.74, 6) is 1.75. The molecule has 2 aromatic rings. The highest BCUT2D eigenvalue weighted by atomic mass is 15.1. The van der Waals surface area contributed by atoms with Gasteiger partial charge in [0, 0.05) is 12.2 Å². The highest BCUT2D eigenvalue weighted by molar-refractivity contribution is 5.61. The largest absolute Gasteiger partial charge is 0.370 e. The van der Waals surface area contributed by atoms with Gasteiger partial charge in [0.05, 0.1) is 0 Å². The van der Waals surface area contributed by atoms with Gasteiger partial charge in [0.15, 0.2) is 0 Å². The van der Waals surface area contributed by atoms with E-state index in [9.17, 15) is 0 Å². The van der Waals surface area contributed by atoms with E-state index in [-0.39, 0.29) is 0 Å². The van der Waals surface area contributed by atoms with Crippen LogP contribution >= 0.6 is 0 Å². The summed E-state index contributed by atoms with van der Waals surface area (Å²) in [6, 6.07) is 14.1. The number of hydrogen-bond acceptors (Lipinski definition) is 3. The molecule has 0 atom stereocenters. The number of aryl methyl sites for hydroxylation is 1. The number of rotatable bonds is 4. The first-order valence-electron chi connectivity index (χ1n) is 5.83. The molecule has 0 spiro atoms. The van der Waals surface area contributed by atoms with Crippen LogP contribution in [0.3, 0.4) is 0 Å². The second-order valence-electron chi connectivity index (χ2n) is 3.88. The molecule has 1 aromatic carbocycles. The third-order valence-corrected chi connectivity index (χ3v) is 2.51. The first-order chi connectivity index (χ1) is 8.29. The van der Waals surface area contributed by atoms with Gasteiger partial charge in [0.1, 0.15) is 11.6 Å². The Morgan fingerprint density at radius 2 is 1.76 bits per heavy atom. The Hall–Kier alpha value is -2.03. The lowest BCUT2D eigenvalue weighted by molar-refractivity contribution is 1.16. The summed E-state index contributed by atoms with van der Waals surface area (Å²) in [5, 5.41) is 6.52. The van der Waals surface area contributed by atoms with Gasteiger partial charge in [-0.1, -0.05) is 24.3 Å². The minimum atomic E-state index is 0.859. The third kappa shape index (κ3) is 2.97. The van der Waals surface area contributed by atoms with Crippen LogP contribution in [0.5, 0.6) is 0 Å². The van der Waals surface area contributed by atoms with E-state index in [1.54, 1.807) is 0 Å². The lowest BCUT2D eigenvalue weighted by Crippen LogP contribution is -2.01. The van der Waals surface area contributed by atoms with E-state index in [0.29, 0.717) is 0 Å². The summed E-state index contributed by atoms with van der Waals surface area (Å²) >= 11 is 0. The fraction of sp³-hybridized carbons (Fsp3) is 0.214. The number of pyridine rings is 1. The molecule has 0 unspecified atom stereocenters. The summed E-state index contributed by atoms with van der Waals surface area (Å²) in [5.41, 5.74) is 2.30. The molecule has 17 heavy (non-hydrogen) atoms. The Morgan fingerprint density at radius 1 is 1.00 bits per heavy atom. The summed E-state index contributed by atoms with van der Waals surface area (Å²) < 4.78 is 0. The van der Waals surface area contributed by atoms with Crippen LogP contribution in [-0.2, 0) is 0 Å². The van der Waals surface area contributed by atoms with E-state index in [1.165, 1.54) is 5.56 Å². The average Bonchev–Trinajstić information content (AvgIpc) is 2.33. The molecule has 0 aliphatic rings. The van der Waals surface area contributed by atoms with E-state index in [1.807, 2.05) is 30.3 Å². The Labute approximate surface area is 102 Å². The molecular formula is C14H17N3. The summed E-state index contributed by atoms with van der Waals surface area (Å²) in [6.07, 6.45) is 0. The zero-order chi connectivity index (χ0) is 12.1. The van der Waals surface area contributed by atoms with Crippen LogP contribution < -0.4 is 10.6 Å². The lowest BCUT2D eigenvalue weighted by Gasteiger charge is -2.10. The van der Waals surface area contributed by atoms with Crippen LogP contribution in [-0.4, -0.2) is 11.5 Å². The minimum absolute atomic E-state index is 0.859. The quantitative estimate of drug-likeness (QED) is 0.838. The van der Waals surface area contributed by atoms with Crippen LogP contribution in [0.25, 0.3) is 0 Å². The Kier molecular flexibility index (Phi) is 3.60.